The van der Waals surface area contributed by atoms with E-state index in [-0.39, 0.29) is 23.3 Å². The molecule has 1 atom stereocenters. The fourth-order valence-electron chi connectivity index (χ4n) is 2.99. The topological polar surface area (TPSA) is 91.3 Å². The van der Waals surface area contributed by atoms with E-state index in [0.717, 1.165) is 12.0 Å². The van der Waals surface area contributed by atoms with Crippen LogP contribution in [0.3, 0.4) is 0 Å². The summed E-state index contributed by atoms with van der Waals surface area (Å²) >= 11 is 0. The van der Waals surface area contributed by atoms with Crippen molar-refractivity contribution in [3.05, 3.63) is 63.5 Å². The summed E-state index contributed by atoms with van der Waals surface area (Å²) in [6, 6.07) is 9.46. The van der Waals surface area contributed by atoms with Gasteiger partial charge >= 0.3 is 0 Å². The van der Waals surface area contributed by atoms with Gasteiger partial charge in [-0.15, -0.1) is 0 Å². The summed E-state index contributed by atoms with van der Waals surface area (Å²) in [5.41, 5.74) is 2.46. The fourth-order valence-corrected chi connectivity index (χ4v) is 2.99. The molecule has 3 rings (SSSR count). The molecule has 2 N–H and O–H groups in total. The van der Waals surface area contributed by atoms with Crippen LogP contribution >= 0.6 is 0 Å². The van der Waals surface area contributed by atoms with Gasteiger partial charge < -0.3 is 15.2 Å². The number of hydrogen-bond acceptors (Lipinski definition) is 4. The number of rotatable bonds is 4. The molecule has 0 aliphatic carbocycles. The van der Waals surface area contributed by atoms with Crippen molar-refractivity contribution in [3.63, 3.8) is 0 Å². The highest BCUT2D eigenvalue weighted by Crippen LogP contribution is 2.25. The van der Waals surface area contributed by atoms with Crippen molar-refractivity contribution in [2.24, 2.45) is 0 Å². The van der Waals surface area contributed by atoms with Gasteiger partial charge in [0.25, 0.3) is 11.6 Å². The minimum absolute atomic E-state index is 0.0838. The fraction of sp³-hybridized carbons (Fsp3) is 0.353. The van der Waals surface area contributed by atoms with Gasteiger partial charge in [0.2, 0.25) is 0 Å². The number of aryl methyl sites for hydroxylation is 1. The minimum Gasteiger partial charge on any atom is -0.351 e. The van der Waals surface area contributed by atoms with E-state index in [1.165, 1.54) is 17.8 Å². The summed E-state index contributed by atoms with van der Waals surface area (Å²) in [7, 11) is 0. The van der Waals surface area contributed by atoms with E-state index >= 15 is 0 Å². The predicted molar refractivity (Wildman–Crippen MR) is 89.9 cm³/mol. The summed E-state index contributed by atoms with van der Waals surface area (Å²) in [5, 5.41) is 14.1. The maximum absolute atomic E-state index is 12.8. The van der Waals surface area contributed by atoms with Crippen LogP contribution in [-0.2, 0) is 6.42 Å². The van der Waals surface area contributed by atoms with Crippen LogP contribution in [0.25, 0.3) is 0 Å². The third-order valence-corrected chi connectivity index (χ3v) is 4.39. The van der Waals surface area contributed by atoms with Crippen molar-refractivity contribution in [1.82, 2.24) is 15.2 Å². The average molecular weight is 328 g/mol. The number of carbonyl (C=O) groups excluding carboxylic acids is 1. The molecule has 7 heteroatoms. The molecule has 7 nitrogen and oxygen atoms in total. The molecule has 0 radical (unpaired) electrons. The average Bonchev–Trinajstić information content (AvgIpc) is 3.12. The van der Waals surface area contributed by atoms with Crippen LogP contribution in [-0.4, -0.2) is 40.3 Å². The predicted octanol–water partition coefficient (Wildman–Crippen LogP) is 2.27. The van der Waals surface area contributed by atoms with Crippen molar-refractivity contribution in [2.45, 2.75) is 19.4 Å². The molecule has 126 valence electrons. The smallest absolute Gasteiger partial charge is 0.287 e. The standard InChI is InChI=1S/C17H20N4O3/c1-2-12-3-5-13(6-4-12)16-11-18-7-8-20(16)17(22)15-9-14(10-19-15)21(23)24/h3-6,9-10,16,18-19H,2,7-8,11H2,1H3. The maximum Gasteiger partial charge on any atom is 0.287 e. The zero-order valence-corrected chi connectivity index (χ0v) is 13.5. The Morgan fingerprint density at radius 2 is 2.12 bits per heavy atom. The number of nitro groups is 1. The van der Waals surface area contributed by atoms with Crippen LogP contribution in [0, 0.1) is 10.1 Å². The first-order valence-corrected chi connectivity index (χ1v) is 8.03. The number of nitrogens with zero attached hydrogens (tertiary/aromatic N) is 2. The Balaban J connectivity index is 1.85. The molecule has 1 aromatic carbocycles. The van der Waals surface area contributed by atoms with Crippen molar-refractivity contribution in [2.75, 3.05) is 19.6 Å². The Morgan fingerprint density at radius 1 is 1.38 bits per heavy atom. The van der Waals surface area contributed by atoms with Crippen LogP contribution in [0.2, 0.25) is 0 Å². The van der Waals surface area contributed by atoms with Crippen LogP contribution < -0.4 is 5.32 Å². The molecule has 2 aromatic rings. The zero-order valence-electron chi connectivity index (χ0n) is 13.5. The quantitative estimate of drug-likeness (QED) is 0.665. The monoisotopic (exact) mass is 328 g/mol. The molecule has 1 saturated heterocycles. The lowest BCUT2D eigenvalue weighted by Gasteiger charge is -2.36. The molecule has 1 aliphatic heterocycles. The lowest BCUT2D eigenvalue weighted by molar-refractivity contribution is -0.384. The van der Waals surface area contributed by atoms with Gasteiger partial charge in [-0.2, -0.15) is 0 Å². The van der Waals surface area contributed by atoms with E-state index in [1.54, 1.807) is 4.90 Å². The Kier molecular flexibility index (Phi) is 4.61. The van der Waals surface area contributed by atoms with Gasteiger partial charge in [-0.1, -0.05) is 31.2 Å². The van der Waals surface area contributed by atoms with Gasteiger partial charge in [0.05, 0.1) is 17.2 Å². The molecule has 24 heavy (non-hydrogen) atoms. The first-order chi connectivity index (χ1) is 11.6. The summed E-state index contributed by atoms with van der Waals surface area (Å²) in [6.45, 7) is 4.04. The van der Waals surface area contributed by atoms with Crippen LogP contribution in [0.4, 0.5) is 5.69 Å². The number of benzene rings is 1. The lowest BCUT2D eigenvalue weighted by atomic mass is 10.0. The Labute approximate surface area is 139 Å². The van der Waals surface area contributed by atoms with Gasteiger partial charge in [-0.05, 0) is 17.5 Å². The van der Waals surface area contributed by atoms with E-state index in [4.69, 9.17) is 0 Å². The van der Waals surface area contributed by atoms with Crippen molar-refractivity contribution < 1.29 is 9.72 Å². The first-order valence-electron chi connectivity index (χ1n) is 8.03. The van der Waals surface area contributed by atoms with Crippen molar-refractivity contribution in [1.29, 1.82) is 0 Å². The van der Waals surface area contributed by atoms with Gasteiger partial charge in [0, 0.05) is 25.7 Å². The SMILES string of the molecule is CCc1ccc(C2CNCCN2C(=O)c2cc([N+](=O)[O-])c[nH]2)cc1. The largest absolute Gasteiger partial charge is 0.351 e. The van der Waals surface area contributed by atoms with E-state index in [2.05, 4.69) is 29.4 Å². The minimum atomic E-state index is -0.508. The van der Waals surface area contributed by atoms with E-state index in [0.29, 0.717) is 19.6 Å². The number of aromatic nitrogens is 1. The molecule has 0 saturated carbocycles. The number of hydrogen-bond donors (Lipinski definition) is 2. The van der Waals surface area contributed by atoms with Gasteiger partial charge in [-0.25, -0.2) is 0 Å². The molecule has 1 amide bonds. The molecule has 0 spiro atoms. The number of carbonyl (C=O) groups is 1. The number of H-pyrrole nitrogens is 1. The Hall–Kier alpha value is -2.67. The molecular formula is C17H20N4O3. The van der Waals surface area contributed by atoms with Crippen LogP contribution in [0.5, 0.6) is 0 Å². The van der Waals surface area contributed by atoms with Crippen molar-refractivity contribution >= 4 is 11.6 Å². The van der Waals surface area contributed by atoms with Gasteiger partial charge in [0.15, 0.2) is 0 Å². The zero-order chi connectivity index (χ0) is 17.1. The lowest BCUT2D eigenvalue weighted by Crippen LogP contribution is -2.48. The molecule has 1 aromatic heterocycles. The van der Waals surface area contributed by atoms with E-state index < -0.39 is 4.92 Å². The molecule has 1 unspecified atom stereocenters. The Bertz CT molecular complexity index is 739. The normalized spacial score (nSPS) is 17.7. The van der Waals surface area contributed by atoms with Crippen LogP contribution in [0.15, 0.2) is 36.5 Å². The highest BCUT2D eigenvalue weighted by molar-refractivity contribution is 5.93. The number of aromatic amines is 1. The van der Waals surface area contributed by atoms with Gasteiger partial charge in [-0.3, -0.25) is 14.9 Å². The molecule has 0 bridgehead atoms. The second-order valence-electron chi connectivity index (χ2n) is 5.84. The second kappa shape index (κ2) is 6.84. The molecular weight excluding hydrogens is 308 g/mol. The number of nitrogens with one attached hydrogen (secondary N) is 2. The number of piperazine rings is 1. The van der Waals surface area contributed by atoms with Crippen molar-refractivity contribution in [3.8, 4) is 0 Å². The van der Waals surface area contributed by atoms with Gasteiger partial charge in [0.1, 0.15) is 5.69 Å². The number of amides is 1. The molecule has 1 aliphatic rings. The highest BCUT2D eigenvalue weighted by atomic mass is 16.6. The summed E-state index contributed by atoms with van der Waals surface area (Å²) < 4.78 is 0. The second-order valence-corrected chi connectivity index (χ2v) is 5.84. The molecule has 1 fully saturated rings. The summed E-state index contributed by atoms with van der Waals surface area (Å²) in [4.78, 5) is 27.6. The van der Waals surface area contributed by atoms with Crippen LogP contribution in [0.1, 0.15) is 34.6 Å². The summed E-state index contributed by atoms with van der Waals surface area (Å²) in [5.74, 6) is -0.214. The molecule has 2 heterocycles. The third-order valence-electron chi connectivity index (χ3n) is 4.39. The third kappa shape index (κ3) is 3.16. The van der Waals surface area contributed by atoms with E-state index in [1.807, 2.05) is 12.1 Å². The van der Waals surface area contributed by atoms with E-state index in [9.17, 15) is 14.9 Å². The first kappa shape index (κ1) is 16.2. The summed E-state index contributed by atoms with van der Waals surface area (Å²) in [6.07, 6.45) is 2.22. The highest BCUT2D eigenvalue weighted by Gasteiger charge is 2.30. The Morgan fingerprint density at radius 3 is 2.75 bits per heavy atom. The maximum atomic E-state index is 12.8.